The Kier molecular flexibility index (Phi) is 7.29. The maximum absolute atomic E-state index is 16.1. The Balaban J connectivity index is 1.52. The lowest BCUT2D eigenvalue weighted by Gasteiger charge is -2.19. The summed E-state index contributed by atoms with van der Waals surface area (Å²) in [6.45, 7) is 5.51. The van der Waals surface area contributed by atoms with Gasteiger partial charge in [0.05, 0.1) is 0 Å². The molecule has 37 heavy (non-hydrogen) atoms. The number of carbonyl (C=O) groups excluding carboxylic acids is 1. The summed E-state index contributed by atoms with van der Waals surface area (Å²) in [7, 11) is 2.05. The molecular formula is C27H27F2N5O2S. The molecule has 0 aliphatic carbocycles. The normalized spacial score (nSPS) is 15.8. The lowest BCUT2D eigenvalue weighted by Crippen LogP contribution is -2.31. The molecule has 0 radical (unpaired) electrons. The minimum atomic E-state index is -0.535. The Bertz CT molecular complexity index is 1470. The van der Waals surface area contributed by atoms with Gasteiger partial charge in [-0.25, -0.2) is 8.78 Å². The van der Waals surface area contributed by atoms with Crippen LogP contribution < -0.4 is 15.4 Å². The van der Waals surface area contributed by atoms with E-state index in [-0.39, 0.29) is 29.3 Å². The van der Waals surface area contributed by atoms with Crippen LogP contribution in [0.15, 0.2) is 48.4 Å². The third-order valence-corrected chi connectivity index (χ3v) is 7.61. The van der Waals surface area contributed by atoms with Gasteiger partial charge >= 0.3 is 6.01 Å². The van der Waals surface area contributed by atoms with E-state index < -0.39 is 5.82 Å². The van der Waals surface area contributed by atoms with Gasteiger partial charge < -0.3 is 20.3 Å². The zero-order valence-electron chi connectivity index (χ0n) is 20.4. The number of thiophene rings is 1. The van der Waals surface area contributed by atoms with Gasteiger partial charge in [-0.05, 0) is 38.6 Å². The van der Waals surface area contributed by atoms with E-state index in [9.17, 15) is 9.18 Å². The van der Waals surface area contributed by atoms with Crippen LogP contribution in [-0.4, -0.2) is 60.1 Å². The predicted molar refractivity (Wildman–Crippen MR) is 143 cm³/mol. The molecule has 2 aromatic carbocycles. The minimum Gasteiger partial charge on any atom is -0.462 e. The topological polar surface area (TPSA) is 79.4 Å². The fourth-order valence-electron chi connectivity index (χ4n) is 4.59. The number of benzene rings is 2. The van der Waals surface area contributed by atoms with E-state index in [1.54, 1.807) is 30.3 Å². The highest BCUT2D eigenvalue weighted by molar-refractivity contribution is 7.17. The van der Waals surface area contributed by atoms with Crippen LogP contribution in [-0.2, 0) is 4.79 Å². The summed E-state index contributed by atoms with van der Waals surface area (Å²) in [5.41, 5.74) is 1.03. The standard InChI is InChI=1S/C27H27F2N5O2S/c1-3-22(35)30-11-12-31-26-20-10-9-17(18-7-4-8-19-21(28)15-37-25(18)19)23(29)24(20)32-27(33-26)36-14-16-6-5-13-34(16)2/h3-4,7-10,15-16H,1,5-6,11-14H2,2H3,(H,30,35)(H,31,32,33)/t16-/m0/s1. The van der Waals surface area contributed by atoms with Crippen LogP contribution in [0.5, 0.6) is 6.01 Å². The lowest BCUT2D eigenvalue weighted by atomic mass is 10.0. The number of halogens is 2. The van der Waals surface area contributed by atoms with Crippen LogP contribution in [0.1, 0.15) is 12.8 Å². The van der Waals surface area contributed by atoms with Crippen molar-refractivity contribution >= 4 is 44.1 Å². The Morgan fingerprint density at radius 3 is 2.86 bits per heavy atom. The summed E-state index contributed by atoms with van der Waals surface area (Å²) in [6, 6.07) is 8.90. The molecule has 2 aromatic heterocycles. The number of hydrogen-bond donors (Lipinski definition) is 2. The quantitative estimate of drug-likeness (QED) is 0.238. The maximum Gasteiger partial charge on any atom is 0.319 e. The van der Waals surface area contributed by atoms with E-state index in [1.807, 2.05) is 7.05 Å². The second-order valence-corrected chi connectivity index (χ2v) is 9.83. The highest BCUT2D eigenvalue weighted by Crippen LogP contribution is 2.38. The fourth-order valence-corrected chi connectivity index (χ4v) is 5.53. The van der Waals surface area contributed by atoms with Crippen molar-refractivity contribution in [3.05, 3.63) is 60.0 Å². The van der Waals surface area contributed by atoms with E-state index >= 15 is 4.39 Å². The first-order chi connectivity index (χ1) is 18.0. The highest BCUT2D eigenvalue weighted by Gasteiger charge is 2.23. The zero-order chi connectivity index (χ0) is 25.9. The van der Waals surface area contributed by atoms with Gasteiger partial charge in [-0.3, -0.25) is 4.79 Å². The SMILES string of the molecule is C=CC(=O)NCCNc1nc(OC[C@@H]2CCCN2C)nc2c(F)c(-c3cccc4c(F)csc34)ccc12. The number of nitrogens with one attached hydrogen (secondary N) is 2. The molecule has 1 fully saturated rings. The number of aromatic nitrogens is 2. The smallest absolute Gasteiger partial charge is 0.319 e. The summed E-state index contributed by atoms with van der Waals surface area (Å²) in [4.78, 5) is 22.6. The molecule has 1 saturated heterocycles. The first-order valence-electron chi connectivity index (χ1n) is 12.1. The van der Waals surface area contributed by atoms with Crippen molar-refractivity contribution in [2.45, 2.75) is 18.9 Å². The van der Waals surface area contributed by atoms with Gasteiger partial charge in [-0.1, -0.05) is 30.8 Å². The van der Waals surface area contributed by atoms with E-state index in [4.69, 9.17) is 4.74 Å². The summed E-state index contributed by atoms with van der Waals surface area (Å²) in [5.74, 6) is -0.743. The second-order valence-electron chi connectivity index (χ2n) is 8.95. The first-order valence-corrected chi connectivity index (χ1v) is 13.0. The third-order valence-electron chi connectivity index (χ3n) is 6.61. The summed E-state index contributed by atoms with van der Waals surface area (Å²) in [5, 5.41) is 8.21. The van der Waals surface area contributed by atoms with Gasteiger partial charge in [0.2, 0.25) is 5.91 Å². The van der Waals surface area contributed by atoms with Gasteiger partial charge in [0.15, 0.2) is 5.82 Å². The largest absolute Gasteiger partial charge is 0.462 e. The van der Waals surface area contributed by atoms with Gasteiger partial charge in [-0.15, -0.1) is 11.3 Å². The van der Waals surface area contributed by atoms with Crippen molar-refractivity contribution in [3.63, 3.8) is 0 Å². The average Bonchev–Trinajstić information content (AvgIpc) is 3.50. The summed E-state index contributed by atoms with van der Waals surface area (Å²) >= 11 is 1.24. The molecule has 0 spiro atoms. The van der Waals surface area contributed by atoms with Crippen LogP contribution in [0.4, 0.5) is 14.6 Å². The molecule has 192 valence electrons. The number of rotatable bonds is 9. The Hall–Kier alpha value is -3.63. The lowest BCUT2D eigenvalue weighted by molar-refractivity contribution is -0.116. The van der Waals surface area contributed by atoms with Crippen LogP contribution in [0.2, 0.25) is 0 Å². The number of likely N-dealkylation sites (N-methyl/N-ethyl adjacent to an activating group) is 1. The number of ether oxygens (including phenoxy) is 1. The maximum atomic E-state index is 16.1. The molecule has 1 aliphatic rings. The molecule has 1 aliphatic heterocycles. The van der Waals surface area contributed by atoms with Crippen LogP contribution in [0.3, 0.4) is 0 Å². The minimum absolute atomic E-state index is 0.0712. The number of nitrogens with zero attached hydrogens (tertiary/aromatic N) is 3. The van der Waals surface area contributed by atoms with Crippen molar-refractivity contribution in [3.8, 4) is 17.1 Å². The number of hydrogen-bond acceptors (Lipinski definition) is 7. The molecule has 7 nitrogen and oxygen atoms in total. The van der Waals surface area contributed by atoms with E-state index in [0.717, 1.165) is 19.4 Å². The number of fused-ring (bicyclic) bond motifs is 2. The van der Waals surface area contributed by atoms with E-state index in [0.29, 0.717) is 52.1 Å². The van der Waals surface area contributed by atoms with Crippen LogP contribution in [0, 0.1) is 11.6 Å². The molecule has 2 N–H and O–H groups in total. The third kappa shape index (κ3) is 5.12. The molecule has 0 saturated carbocycles. The predicted octanol–water partition coefficient (Wildman–Crippen LogP) is 4.98. The van der Waals surface area contributed by atoms with E-state index in [1.165, 1.54) is 22.8 Å². The summed E-state index contributed by atoms with van der Waals surface area (Å²) in [6.07, 6.45) is 3.31. The van der Waals surface area contributed by atoms with Gasteiger partial charge in [0.1, 0.15) is 23.8 Å². The van der Waals surface area contributed by atoms with Gasteiger partial charge in [0.25, 0.3) is 0 Å². The molecule has 1 amide bonds. The molecule has 0 bridgehead atoms. The first kappa shape index (κ1) is 25.0. The molecule has 0 unspecified atom stereocenters. The van der Waals surface area contributed by atoms with Crippen molar-refractivity contribution < 1.29 is 18.3 Å². The van der Waals surface area contributed by atoms with Crippen molar-refractivity contribution in [1.29, 1.82) is 0 Å². The van der Waals surface area contributed by atoms with Crippen molar-refractivity contribution in [2.24, 2.45) is 0 Å². The van der Waals surface area contributed by atoms with Crippen LogP contribution in [0.25, 0.3) is 32.1 Å². The number of likely N-dealkylation sites (tertiary alicyclic amines) is 1. The molecule has 4 aromatic rings. The molecule has 5 rings (SSSR count). The zero-order valence-corrected chi connectivity index (χ0v) is 21.2. The highest BCUT2D eigenvalue weighted by atomic mass is 32.1. The molecule has 1 atom stereocenters. The Morgan fingerprint density at radius 2 is 2.08 bits per heavy atom. The second kappa shape index (κ2) is 10.8. The van der Waals surface area contributed by atoms with Gasteiger partial charge in [0, 0.05) is 51.1 Å². The van der Waals surface area contributed by atoms with Crippen molar-refractivity contribution in [2.75, 3.05) is 38.6 Å². The van der Waals surface area contributed by atoms with Crippen molar-refractivity contribution in [1.82, 2.24) is 20.2 Å². The van der Waals surface area contributed by atoms with Gasteiger partial charge in [-0.2, -0.15) is 9.97 Å². The number of anilines is 1. The monoisotopic (exact) mass is 523 g/mol. The number of carbonyl (C=O) groups is 1. The van der Waals surface area contributed by atoms with Crippen LogP contribution >= 0.6 is 11.3 Å². The Labute approximate surface area is 217 Å². The molecular weight excluding hydrogens is 496 g/mol. The Morgan fingerprint density at radius 1 is 1.22 bits per heavy atom. The number of amides is 1. The molecule has 3 heterocycles. The summed E-state index contributed by atoms with van der Waals surface area (Å²) < 4.78 is 36.9. The fraction of sp³-hybridized carbons (Fsp3) is 0.296. The average molecular weight is 524 g/mol. The van der Waals surface area contributed by atoms with E-state index in [2.05, 4.69) is 32.1 Å². The molecule has 10 heteroatoms.